The summed E-state index contributed by atoms with van der Waals surface area (Å²) in [5.74, 6) is 0.265. The van der Waals surface area contributed by atoms with Crippen molar-refractivity contribution in [2.24, 2.45) is 0 Å². The first-order chi connectivity index (χ1) is 11.1. The van der Waals surface area contributed by atoms with E-state index in [9.17, 15) is 9.18 Å². The Morgan fingerprint density at radius 3 is 2.83 bits per heavy atom. The quantitative estimate of drug-likeness (QED) is 0.630. The van der Waals surface area contributed by atoms with Crippen LogP contribution in [0.25, 0.3) is 10.2 Å². The van der Waals surface area contributed by atoms with Gasteiger partial charge in [-0.25, -0.2) is 9.37 Å². The number of hydrogen-bond acceptors (Lipinski definition) is 4. The van der Waals surface area contributed by atoms with Crippen LogP contribution >= 0.6 is 34.7 Å². The highest BCUT2D eigenvalue weighted by molar-refractivity contribution is 7.99. The first-order valence-corrected chi connectivity index (χ1v) is 9.02. The number of hydrogen-bond donors (Lipinski definition) is 1. The molecular formula is C16H12ClFN2OS2. The highest BCUT2D eigenvalue weighted by Gasteiger charge is 2.08. The van der Waals surface area contributed by atoms with Crippen molar-refractivity contribution < 1.29 is 9.18 Å². The van der Waals surface area contributed by atoms with Gasteiger partial charge in [0.2, 0.25) is 5.91 Å². The van der Waals surface area contributed by atoms with Crippen molar-refractivity contribution in [1.29, 1.82) is 0 Å². The van der Waals surface area contributed by atoms with Crippen molar-refractivity contribution in [3.63, 3.8) is 0 Å². The molecule has 3 aromatic rings. The fraction of sp³-hybridized carbons (Fsp3) is 0.125. The molecule has 1 aromatic heterocycles. The minimum Gasteiger partial charge on any atom is -0.302 e. The van der Waals surface area contributed by atoms with E-state index in [0.717, 1.165) is 15.1 Å². The molecule has 3 rings (SSSR count). The standard InChI is InChI=1S/C16H12ClFN2OS2/c17-10-1-6-13-14(9-10)23-16(19-13)20-15(21)7-8-22-12-4-2-11(18)3-5-12/h1-6,9H,7-8H2,(H,19,20,21). The van der Waals surface area contributed by atoms with E-state index in [4.69, 9.17) is 11.6 Å². The molecule has 1 amide bonds. The van der Waals surface area contributed by atoms with Gasteiger partial charge in [-0.15, -0.1) is 11.8 Å². The molecule has 0 aliphatic heterocycles. The van der Waals surface area contributed by atoms with E-state index in [2.05, 4.69) is 10.3 Å². The predicted molar refractivity (Wildman–Crippen MR) is 95.0 cm³/mol. The van der Waals surface area contributed by atoms with Crippen molar-refractivity contribution in [3.8, 4) is 0 Å². The third-order valence-electron chi connectivity index (χ3n) is 3.01. The van der Waals surface area contributed by atoms with Gasteiger partial charge in [0, 0.05) is 22.1 Å². The van der Waals surface area contributed by atoms with Gasteiger partial charge >= 0.3 is 0 Å². The SMILES string of the molecule is O=C(CCSc1ccc(F)cc1)Nc1nc2ccc(Cl)cc2s1. The van der Waals surface area contributed by atoms with Crippen LogP contribution in [0.3, 0.4) is 0 Å². The lowest BCUT2D eigenvalue weighted by molar-refractivity contribution is -0.115. The van der Waals surface area contributed by atoms with E-state index in [-0.39, 0.29) is 11.7 Å². The van der Waals surface area contributed by atoms with Crippen LogP contribution in [0.1, 0.15) is 6.42 Å². The summed E-state index contributed by atoms with van der Waals surface area (Å²) in [5, 5.41) is 4.01. The summed E-state index contributed by atoms with van der Waals surface area (Å²) in [6.45, 7) is 0. The highest BCUT2D eigenvalue weighted by Crippen LogP contribution is 2.28. The van der Waals surface area contributed by atoms with Gasteiger partial charge in [-0.05, 0) is 42.5 Å². The number of nitrogens with one attached hydrogen (secondary N) is 1. The Morgan fingerprint density at radius 2 is 2.04 bits per heavy atom. The number of thiazole rings is 1. The maximum Gasteiger partial charge on any atom is 0.226 e. The summed E-state index contributed by atoms with van der Waals surface area (Å²) in [6, 6.07) is 11.7. The fourth-order valence-electron chi connectivity index (χ4n) is 1.93. The second-order valence-corrected chi connectivity index (χ2v) is 7.37. The third-order valence-corrected chi connectivity index (χ3v) is 5.19. The number of carbonyl (C=O) groups is 1. The van der Waals surface area contributed by atoms with E-state index >= 15 is 0 Å². The Labute approximate surface area is 145 Å². The van der Waals surface area contributed by atoms with E-state index in [0.29, 0.717) is 22.3 Å². The summed E-state index contributed by atoms with van der Waals surface area (Å²) in [4.78, 5) is 17.2. The zero-order valence-corrected chi connectivity index (χ0v) is 14.3. The topological polar surface area (TPSA) is 42.0 Å². The summed E-state index contributed by atoms with van der Waals surface area (Å²) in [5.41, 5.74) is 0.815. The molecule has 118 valence electrons. The first kappa shape index (κ1) is 16.2. The van der Waals surface area contributed by atoms with Crippen LogP contribution in [0.15, 0.2) is 47.4 Å². The van der Waals surface area contributed by atoms with Crippen molar-refractivity contribution in [3.05, 3.63) is 53.3 Å². The summed E-state index contributed by atoms with van der Waals surface area (Å²) in [6.07, 6.45) is 0.360. The largest absolute Gasteiger partial charge is 0.302 e. The molecule has 0 aliphatic rings. The van der Waals surface area contributed by atoms with Crippen LogP contribution in [0.2, 0.25) is 5.02 Å². The van der Waals surface area contributed by atoms with Gasteiger partial charge in [0.15, 0.2) is 5.13 Å². The van der Waals surface area contributed by atoms with E-state index in [1.165, 1.54) is 35.2 Å². The lowest BCUT2D eigenvalue weighted by Gasteiger charge is -2.02. The van der Waals surface area contributed by atoms with Crippen molar-refractivity contribution in [2.75, 3.05) is 11.1 Å². The molecule has 23 heavy (non-hydrogen) atoms. The van der Waals surface area contributed by atoms with Gasteiger partial charge in [0.05, 0.1) is 10.2 Å². The summed E-state index contributed by atoms with van der Waals surface area (Å²) >= 11 is 8.84. The molecule has 0 aliphatic carbocycles. The molecule has 0 spiro atoms. The normalized spacial score (nSPS) is 10.9. The number of rotatable bonds is 5. The van der Waals surface area contributed by atoms with Gasteiger partial charge in [0.1, 0.15) is 5.82 Å². The number of nitrogens with zero attached hydrogens (tertiary/aromatic N) is 1. The number of amides is 1. The van der Waals surface area contributed by atoms with E-state index < -0.39 is 0 Å². The Kier molecular flexibility index (Phi) is 5.15. The number of fused-ring (bicyclic) bond motifs is 1. The number of anilines is 1. The average molecular weight is 367 g/mol. The van der Waals surface area contributed by atoms with Crippen LogP contribution in [-0.4, -0.2) is 16.6 Å². The summed E-state index contributed by atoms with van der Waals surface area (Å²) < 4.78 is 13.7. The van der Waals surface area contributed by atoms with Crippen molar-refractivity contribution >= 4 is 56.0 Å². The molecule has 0 radical (unpaired) electrons. The number of aromatic nitrogens is 1. The van der Waals surface area contributed by atoms with Gasteiger partial charge < -0.3 is 5.32 Å². The molecule has 7 heteroatoms. The van der Waals surface area contributed by atoms with Gasteiger partial charge in [-0.2, -0.15) is 0 Å². The Balaban J connectivity index is 1.53. The van der Waals surface area contributed by atoms with Gasteiger partial charge in [-0.3, -0.25) is 4.79 Å². The monoisotopic (exact) mass is 366 g/mol. The van der Waals surface area contributed by atoms with E-state index in [1.807, 2.05) is 12.1 Å². The molecule has 0 saturated carbocycles. The number of halogens is 2. The third kappa shape index (κ3) is 4.43. The van der Waals surface area contributed by atoms with Crippen molar-refractivity contribution in [2.45, 2.75) is 11.3 Å². The van der Waals surface area contributed by atoms with E-state index in [1.54, 1.807) is 18.2 Å². The lowest BCUT2D eigenvalue weighted by atomic mass is 10.3. The first-order valence-electron chi connectivity index (χ1n) is 6.84. The minimum absolute atomic E-state index is 0.0928. The minimum atomic E-state index is -0.261. The molecule has 0 bridgehead atoms. The second kappa shape index (κ2) is 7.29. The lowest BCUT2D eigenvalue weighted by Crippen LogP contribution is -2.11. The van der Waals surface area contributed by atoms with Crippen molar-refractivity contribution in [1.82, 2.24) is 4.98 Å². The zero-order chi connectivity index (χ0) is 16.2. The molecule has 1 N–H and O–H groups in total. The molecule has 1 heterocycles. The number of thioether (sulfide) groups is 1. The molecule has 0 atom stereocenters. The fourth-order valence-corrected chi connectivity index (χ4v) is 3.94. The molecule has 2 aromatic carbocycles. The molecule has 0 unspecified atom stereocenters. The van der Waals surface area contributed by atoms with Crippen LogP contribution in [0.4, 0.5) is 9.52 Å². The molecular weight excluding hydrogens is 355 g/mol. The van der Waals surface area contributed by atoms with Gasteiger partial charge in [0.25, 0.3) is 0 Å². The smallest absolute Gasteiger partial charge is 0.226 e. The predicted octanol–water partition coefficient (Wildman–Crippen LogP) is 5.21. The maximum atomic E-state index is 12.8. The Bertz CT molecular complexity index is 836. The van der Waals surface area contributed by atoms with Crippen LogP contribution in [0, 0.1) is 5.82 Å². The maximum absolute atomic E-state index is 12.8. The Hall–Kier alpha value is -1.63. The Morgan fingerprint density at radius 1 is 1.26 bits per heavy atom. The number of carbonyl (C=O) groups excluding carboxylic acids is 1. The average Bonchev–Trinajstić information content (AvgIpc) is 2.90. The second-order valence-electron chi connectivity index (χ2n) is 4.73. The van der Waals surface area contributed by atoms with Gasteiger partial charge in [-0.1, -0.05) is 22.9 Å². The summed E-state index contributed by atoms with van der Waals surface area (Å²) in [7, 11) is 0. The molecule has 3 nitrogen and oxygen atoms in total. The number of benzene rings is 2. The van der Waals surface area contributed by atoms with Crippen LogP contribution in [-0.2, 0) is 4.79 Å². The van der Waals surface area contributed by atoms with Crippen LogP contribution < -0.4 is 5.32 Å². The molecule has 0 fully saturated rings. The molecule has 0 saturated heterocycles. The van der Waals surface area contributed by atoms with Crippen LogP contribution in [0.5, 0.6) is 0 Å². The zero-order valence-electron chi connectivity index (χ0n) is 11.9. The highest BCUT2D eigenvalue weighted by atomic mass is 35.5.